The van der Waals surface area contributed by atoms with Gasteiger partial charge in [-0.05, 0) is 31.0 Å². The fourth-order valence-corrected chi connectivity index (χ4v) is 2.31. The number of terminal acetylenes is 1. The summed E-state index contributed by atoms with van der Waals surface area (Å²) < 4.78 is 11.1. The summed E-state index contributed by atoms with van der Waals surface area (Å²) >= 11 is 6.01. The molecule has 1 heterocycles. The van der Waals surface area contributed by atoms with Gasteiger partial charge in [0.2, 0.25) is 0 Å². The quantitative estimate of drug-likeness (QED) is 0.812. The summed E-state index contributed by atoms with van der Waals surface area (Å²) in [6, 6.07) is 5.55. The van der Waals surface area contributed by atoms with E-state index in [1.54, 1.807) is 6.07 Å². The van der Waals surface area contributed by atoms with E-state index in [0.29, 0.717) is 17.7 Å². The molecule has 1 aromatic rings. The van der Waals surface area contributed by atoms with E-state index in [1.165, 1.54) is 0 Å². The zero-order chi connectivity index (χ0) is 13.5. The van der Waals surface area contributed by atoms with E-state index in [1.807, 2.05) is 12.1 Å². The Kier molecular flexibility index (Phi) is 5.53. The molecule has 3 nitrogen and oxygen atoms in total. The number of halogens is 1. The molecule has 2 rings (SSSR count). The Morgan fingerprint density at radius 1 is 1.53 bits per heavy atom. The van der Waals surface area contributed by atoms with Crippen LogP contribution in [0.25, 0.3) is 0 Å². The van der Waals surface area contributed by atoms with E-state index in [2.05, 4.69) is 11.2 Å². The second-order valence-corrected chi connectivity index (χ2v) is 4.95. The Morgan fingerprint density at radius 2 is 2.42 bits per heavy atom. The zero-order valence-electron chi connectivity index (χ0n) is 10.8. The molecule has 19 heavy (non-hydrogen) atoms. The van der Waals surface area contributed by atoms with Gasteiger partial charge in [-0.3, -0.25) is 0 Å². The molecule has 0 radical (unpaired) electrons. The van der Waals surface area contributed by atoms with Gasteiger partial charge in [0.15, 0.2) is 0 Å². The first kappa shape index (κ1) is 14.2. The molecule has 0 aromatic heterocycles. The third-order valence-corrected chi connectivity index (χ3v) is 3.28. The summed E-state index contributed by atoms with van der Waals surface area (Å²) in [7, 11) is 0. The average Bonchev–Trinajstić information content (AvgIpc) is 2.91. The van der Waals surface area contributed by atoms with Crippen molar-refractivity contribution in [1.29, 1.82) is 0 Å². The fourth-order valence-electron chi connectivity index (χ4n) is 2.12. The Morgan fingerprint density at radius 3 is 3.16 bits per heavy atom. The molecule has 1 atom stereocenters. The van der Waals surface area contributed by atoms with Crippen molar-refractivity contribution in [2.75, 3.05) is 19.8 Å². The molecule has 0 amide bonds. The molecule has 0 spiro atoms. The number of rotatable bonds is 6. The maximum Gasteiger partial charge on any atom is 0.148 e. The van der Waals surface area contributed by atoms with E-state index < -0.39 is 0 Å². The largest absolute Gasteiger partial charge is 0.481 e. The molecular weight excluding hydrogens is 262 g/mol. The molecule has 1 aliphatic rings. The van der Waals surface area contributed by atoms with Crippen LogP contribution < -0.4 is 10.1 Å². The van der Waals surface area contributed by atoms with Crippen LogP contribution in [0.1, 0.15) is 18.4 Å². The summed E-state index contributed by atoms with van der Waals surface area (Å²) in [5, 5.41) is 4.07. The first-order valence-corrected chi connectivity index (χ1v) is 6.84. The topological polar surface area (TPSA) is 30.5 Å². The van der Waals surface area contributed by atoms with Crippen LogP contribution in [0.5, 0.6) is 5.75 Å². The monoisotopic (exact) mass is 279 g/mol. The Hall–Kier alpha value is -1.21. The minimum Gasteiger partial charge on any atom is -0.481 e. The number of hydrogen-bond donors (Lipinski definition) is 1. The predicted octanol–water partition coefficient (Wildman–Crippen LogP) is 2.62. The third kappa shape index (κ3) is 4.43. The second-order valence-electron chi connectivity index (χ2n) is 4.51. The van der Waals surface area contributed by atoms with Gasteiger partial charge in [0, 0.05) is 30.3 Å². The summed E-state index contributed by atoms with van der Waals surface area (Å²) in [6.45, 7) is 2.68. The smallest absolute Gasteiger partial charge is 0.148 e. The lowest BCUT2D eigenvalue weighted by atomic mass is 10.2. The standard InChI is InChI=1S/C15H18ClNO2/c1-2-7-19-15-6-5-13(16)9-12(15)10-17-11-14-4-3-8-18-14/h1,5-6,9,14,17H,3-4,7-8,10-11H2/t14-/m1/s1. The van der Waals surface area contributed by atoms with Crippen LogP contribution in [-0.4, -0.2) is 25.9 Å². The van der Waals surface area contributed by atoms with Gasteiger partial charge in [-0.2, -0.15) is 0 Å². The number of ether oxygens (including phenoxy) is 2. The van der Waals surface area contributed by atoms with Crippen LogP contribution in [0.2, 0.25) is 5.02 Å². The first-order chi connectivity index (χ1) is 9.29. The van der Waals surface area contributed by atoms with Gasteiger partial charge in [-0.15, -0.1) is 6.42 Å². The number of benzene rings is 1. The highest BCUT2D eigenvalue weighted by Crippen LogP contribution is 2.23. The lowest BCUT2D eigenvalue weighted by Gasteiger charge is -2.13. The fraction of sp³-hybridized carbons (Fsp3) is 0.467. The number of hydrogen-bond acceptors (Lipinski definition) is 3. The molecule has 1 fully saturated rings. The van der Waals surface area contributed by atoms with Crippen LogP contribution in [0.3, 0.4) is 0 Å². The lowest BCUT2D eigenvalue weighted by Crippen LogP contribution is -2.26. The van der Waals surface area contributed by atoms with Gasteiger partial charge in [0.1, 0.15) is 12.4 Å². The molecule has 4 heteroatoms. The van der Waals surface area contributed by atoms with Crippen LogP contribution in [0.4, 0.5) is 0 Å². The van der Waals surface area contributed by atoms with E-state index in [-0.39, 0.29) is 6.61 Å². The van der Waals surface area contributed by atoms with Crippen LogP contribution in [0, 0.1) is 12.3 Å². The van der Waals surface area contributed by atoms with Crippen molar-refractivity contribution < 1.29 is 9.47 Å². The molecule has 0 bridgehead atoms. The van der Waals surface area contributed by atoms with Crippen molar-refractivity contribution >= 4 is 11.6 Å². The minimum atomic E-state index is 0.264. The molecule has 1 saturated heterocycles. The van der Waals surface area contributed by atoms with Gasteiger partial charge in [0.05, 0.1) is 6.10 Å². The Labute approximate surface area is 119 Å². The Balaban J connectivity index is 1.89. The molecule has 0 saturated carbocycles. The van der Waals surface area contributed by atoms with E-state index in [4.69, 9.17) is 27.5 Å². The highest BCUT2D eigenvalue weighted by atomic mass is 35.5. The molecular formula is C15H18ClNO2. The van der Waals surface area contributed by atoms with Crippen molar-refractivity contribution in [2.24, 2.45) is 0 Å². The van der Waals surface area contributed by atoms with Crippen LogP contribution in [0.15, 0.2) is 18.2 Å². The second kappa shape index (κ2) is 7.40. The predicted molar refractivity (Wildman–Crippen MR) is 76.5 cm³/mol. The highest BCUT2D eigenvalue weighted by Gasteiger charge is 2.15. The van der Waals surface area contributed by atoms with Crippen molar-refractivity contribution in [3.8, 4) is 18.1 Å². The van der Waals surface area contributed by atoms with Crippen LogP contribution in [-0.2, 0) is 11.3 Å². The third-order valence-electron chi connectivity index (χ3n) is 3.04. The summed E-state index contributed by atoms with van der Waals surface area (Å²) in [5.41, 5.74) is 1.01. The summed E-state index contributed by atoms with van der Waals surface area (Å²) in [6.07, 6.45) is 7.81. The Bertz CT molecular complexity index is 450. The van der Waals surface area contributed by atoms with Crippen molar-refractivity contribution in [3.63, 3.8) is 0 Å². The molecule has 1 aromatic carbocycles. The van der Waals surface area contributed by atoms with Gasteiger partial charge in [-0.25, -0.2) is 0 Å². The lowest BCUT2D eigenvalue weighted by molar-refractivity contribution is 0.110. The maximum absolute atomic E-state index is 6.01. The molecule has 0 unspecified atom stereocenters. The molecule has 1 N–H and O–H groups in total. The molecule has 1 aliphatic heterocycles. The number of nitrogens with one attached hydrogen (secondary N) is 1. The van der Waals surface area contributed by atoms with Gasteiger partial charge in [0.25, 0.3) is 0 Å². The maximum atomic E-state index is 6.01. The first-order valence-electron chi connectivity index (χ1n) is 6.46. The van der Waals surface area contributed by atoms with E-state index in [0.717, 1.165) is 37.3 Å². The summed E-state index contributed by atoms with van der Waals surface area (Å²) in [5.74, 6) is 3.24. The normalized spacial score (nSPS) is 18.2. The van der Waals surface area contributed by atoms with Crippen LogP contribution >= 0.6 is 11.6 Å². The molecule has 0 aliphatic carbocycles. The SMILES string of the molecule is C#CCOc1ccc(Cl)cc1CNC[C@H]1CCCO1. The van der Waals surface area contributed by atoms with E-state index >= 15 is 0 Å². The van der Waals surface area contributed by atoms with Crippen molar-refractivity contribution in [1.82, 2.24) is 5.32 Å². The minimum absolute atomic E-state index is 0.264. The van der Waals surface area contributed by atoms with Gasteiger partial charge < -0.3 is 14.8 Å². The summed E-state index contributed by atoms with van der Waals surface area (Å²) in [4.78, 5) is 0. The van der Waals surface area contributed by atoms with Gasteiger partial charge in [-0.1, -0.05) is 17.5 Å². The average molecular weight is 280 g/mol. The van der Waals surface area contributed by atoms with E-state index in [9.17, 15) is 0 Å². The molecule has 102 valence electrons. The van der Waals surface area contributed by atoms with Gasteiger partial charge >= 0.3 is 0 Å². The van der Waals surface area contributed by atoms with Crippen molar-refractivity contribution in [2.45, 2.75) is 25.5 Å². The van der Waals surface area contributed by atoms with Crippen molar-refractivity contribution in [3.05, 3.63) is 28.8 Å². The zero-order valence-corrected chi connectivity index (χ0v) is 11.6. The highest BCUT2D eigenvalue weighted by molar-refractivity contribution is 6.30.